The van der Waals surface area contributed by atoms with Crippen LogP contribution in [0.25, 0.3) is 0 Å². The van der Waals surface area contributed by atoms with Crippen LogP contribution in [0, 0.1) is 0 Å². The predicted octanol–water partition coefficient (Wildman–Crippen LogP) is 3.52. The van der Waals surface area contributed by atoms with Crippen LogP contribution in [0.1, 0.15) is 5.56 Å². The monoisotopic (exact) mass is 291 g/mol. The summed E-state index contributed by atoms with van der Waals surface area (Å²) in [5.41, 5.74) is 1.04. The van der Waals surface area contributed by atoms with E-state index in [1.807, 2.05) is 55.6 Å². The fourth-order valence-electron chi connectivity index (χ4n) is 1.86. The van der Waals surface area contributed by atoms with Crippen molar-refractivity contribution in [2.75, 3.05) is 20.3 Å². The molecule has 0 saturated heterocycles. The van der Waals surface area contributed by atoms with Gasteiger partial charge in [0.05, 0.1) is 5.02 Å². The van der Waals surface area contributed by atoms with Crippen LogP contribution in [-0.4, -0.2) is 20.3 Å². The van der Waals surface area contributed by atoms with E-state index in [1.54, 1.807) is 0 Å². The molecule has 106 valence electrons. The molecule has 0 unspecified atom stereocenters. The Morgan fingerprint density at radius 3 is 2.45 bits per heavy atom. The van der Waals surface area contributed by atoms with Gasteiger partial charge in [-0.1, -0.05) is 41.9 Å². The van der Waals surface area contributed by atoms with Gasteiger partial charge < -0.3 is 14.8 Å². The highest BCUT2D eigenvalue weighted by molar-refractivity contribution is 6.32. The maximum atomic E-state index is 6.17. The number of para-hydroxylation sites is 2. The van der Waals surface area contributed by atoms with Crippen molar-refractivity contribution in [1.82, 2.24) is 5.32 Å². The molecule has 0 radical (unpaired) electrons. The first-order valence-corrected chi connectivity index (χ1v) is 6.91. The van der Waals surface area contributed by atoms with E-state index in [4.69, 9.17) is 21.1 Å². The van der Waals surface area contributed by atoms with Crippen LogP contribution in [0.5, 0.6) is 11.5 Å². The van der Waals surface area contributed by atoms with Crippen LogP contribution in [0.2, 0.25) is 5.02 Å². The zero-order valence-corrected chi connectivity index (χ0v) is 12.2. The number of halogens is 1. The lowest BCUT2D eigenvalue weighted by molar-refractivity contribution is 0.216. The lowest BCUT2D eigenvalue weighted by atomic mass is 10.2. The van der Waals surface area contributed by atoms with E-state index in [-0.39, 0.29) is 0 Å². The average Bonchev–Trinajstić information content (AvgIpc) is 2.47. The van der Waals surface area contributed by atoms with Gasteiger partial charge in [0.1, 0.15) is 24.7 Å². The zero-order chi connectivity index (χ0) is 14.2. The SMILES string of the molecule is CNCc1cccc(Cl)c1OCCOc1ccccc1. The number of hydrogen-bond acceptors (Lipinski definition) is 3. The van der Waals surface area contributed by atoms with E-state index in [2.05, 4.69) is 5.32 Å². The van der Waals surface area contributed by atoms with Gasteiger partial charge in [0.2, 0.25) is 0 Å². The van der Waals surface area contributed by atoms with Gasteiger partial charge in [-0.15, -0.1) is 0 Å². The highest BCUT2D eigenvalue weighted by Crippen LogP contribution is 2.28. The molecule has 0 aliphatic rings. The van der Waals surface area contributed by atoms with Crippen LogP contribution in [-0.2, 0) is 6.54 Å². The Bertz CT molecular complexity index is 531. The van der Waals surface area contributed by atoms with Crippen LogP contribution < -0.4 is 14.8 Å². The lowest BCUT2D eigenvalue weighted by Crippen LogP contribution is -2.12. The summed E-state index contributed by atoms with van der Waals surface area (Å²) < 4.78 is 11.3. The molecule has 4 heteroatoms. The molecule has 0 aliphatic carbocycles. The van der Waals surface area contributed by atoms with Crippen molar-refractivity contribution in [3.63, 3.8) is 0 Å². The number of hydrogen-bond donors (Lipinski definition) is 1. The van der Waals surface area contributed by atoms with Crippen molar-refractivity contribution in [2.24, 2.45) is 0 Å². The summed E-state index contributed by atoms with van der Waals surface area (Å²) in [7, 11) is 1.89. The van der Waals surface area contributed by atoms with Gasteiger partial charge in [-0.05, 0) is 25.2 Å². The second-order valence-corrected chi connectivity index (χ2v) is 4.68. The van der Waals surface area contributed by atoms with Crippen LogP contribution in [0.4, 0.5) is 0 Å². The first-order chi connectivity index (χ1) is 9.81. The molecule has 3 nitrogen and oxygen atoms in total. The standard InChI is InChI=1S/C16H18ClNO2/c1-18-12-13-6-5-9-15(17)16(13)20-11-10-19-14-7-3-2-4-8-14/h2-9,18H,10-12H2,1H3. The van der Waals surface area contributed by atoms with Crippen molar-refractivity contribution in [1.29, 1.82) is 0 Å². The molecular formula is C16H18ClNO2. The third kappa shape index (κ3) is 4.15. The van der Waals surface area contributed by atoms with Gasteiger partial charge in [0.25, 0.3) is 0 Å². The third-order valence-electron chi connectivity index (χ3n) is 2.76. The number of rotatable bonds is 7. The fraction of sp³-hybridized carbons (Fsp3) is 0.250. The number of benzene rings is 2. The number of nitrogens with one attached hydrogen (secondary N) is 1. The fourth-order valence-corrected chi connectivity index (χ4v) is 2.11. The van der Waals surface area contributed by atoms with Gasteiger partial charge in [-0.25, -0.2) is 0 Å². The Kier molecular flexibility index (Phi) is 5.71. The second-order valence-electron chi connectivity index (χ2n) is 4.27. The summed E-state index contributed by atoms with van der Waals surface area (Å²) in [6.07, 6.45) is 0. The lowest BCUT2D eigenvalue weighted by Gasteiger charge is -2.13. The van der Waals surface area contributed by atoms with Gasteiger partial charge in [0.15, 0.2) is 0 Å². The van der Waals surface area contributed by atoms with E-state index in [9.17, 15) is 0 Å². The average molecular weight is 292 g/mol. The zero-order valence-electron chi connectivity index (χ0n) is 11.4. The van der Waals surface area contributed by atoms with Crippen molar-refractivity contribution < 1.29 is 9.47 Å². The van der Waals surface area contributed by atoms with Gasteiger partial charge in [-0.2, -0.15) is 0 Å². The predicted molar refractivity (Wildman–Crippen MR) is 81.6 cm³/mol. The summed E-state index contributed by atoms with van der Waals surface area (Å²) in [6, 6.07) is 15.4. The minimum absolute atomic E-state index is 0.454. The van der Waals surface area contributed by atoms with Crippen molar-refractivity contribution in [3.8, 4) is 11.5 Å². The van der Waals surface area contributed by atoms with Crippen LogP contribution in [0.3, 0.4) is 0 Å². The van der Waals surface area contributed by atoms with Gasteiger partial charge in [0, 0.05) is 12.1 Å². The maximum Gasteiger partial charge on any atom is 0.142 e. The van der Waals surface area contributed by atoms with E-state index >= 15 is 0 Å². The Balaban J connectivity index is 1.87. The van der Waals surface area contributed by atoms with Crippen LogP contribution >= 0.6 is 11.6 Å². The molecule has 2 aromatic carbocycles. The summed E-state index contributed by atoms with van der Waals surface area (Å²) in [6.45, 7) is 1.65. The molecule has 0 bridgehead atoms. The summed E-state index contributed by atoms with van der Waals surface area (Å²) in [4.78, 5) is 0. The summed E-state index contributed by atoms with van der Waals surface area (Å²) >= 11 is 6.17. The molecule has 0 amide bonds. The molecule has 2 rings (SSSR count). The summed E-state index contributed by atoms with van der Waals surface area (Å²) in [5.74, 6) is 1.56. The molecule has 0 spiro atoms. The second kappa shape index (κ2) is 7.78. The molecular weight excluding hydrogens is 274 g/mol. The molecule has 0 fully saturated rings. The molecule has 20 heavy (non-hydrogen) atoms. The molecule has 0 saturated carbocycles. The highest BCUT2D eigenvalue weighted by Gasteiger charge is 2.07. The molecule has 0 aliphatic heterocycles. The molecule has 0 heterocycles. The number of ether oxygens (including phenoxy) is 2. The minimum atomic E-state index is 0.454. The highest BCUT2D eigenvalue weighted by atomic mass is 35.5. The largest absolute Gasteiger partial charge is 0.490 e. The quantitative estimate of drug-likeness (QED) is 0.792. The van der Waals surface area contributed by atoms with Crippen molar-refractivity contribution >= 4 is 11.6 Å². The Morgan fingerprint density at radius 1 is 0.950 bits per heavy atom. The first-order valence-electron chi connectivity index (χ1n) is 6.54. The third-order valence-corrected chi connectivity index (χ3v) is 3.06. The molecule has 2 aromatic rings. The topological polar surface area (TPSA) is 30.5 Å². The first kappa shape index (κ1) is 14.7. The van der Waals surface area contributed by atoms with E-state index in [0.29, 0.717) is 18.2 Å². The smallest absolute Gasteiger partial charge is 0.142 e. The van der Waals surface area contributed by atoms with E-state index in [1.165, 1.54) is 0 Å². The normalized spacial score (nSPS) is 10.3. The Labute approximate surface area is 124 Å². The minimum Gasteiger partial charge on any atom is -0.490 e. The Morgan fingerprint density at radius 2 is 1.70 bits per heavy atom. The molecule has 0 atom stereocenters. The van der Waals surface area contributed by atoms with Crippen LogP contribution in [0.15, 0.2) is 48.5 Å². The van der Waals surface area contributed by atoms with Crippen molar-refractivity contribution in [2.45, 2.75) is 6.54 Å². The molecule has 1 N–H and O–H groups in total. The molecule has 0 aromatic heterocycles. The van der Waals surface area contributed by atoms with Gasteiger partial charge >= 0.3 is 0 Å². The van der Waals surface area contributed by atoms with Gasteiger partial charge in [-0.3, -0.25) is 0 Å². The van der Waals surface area contributed by atoms with Crippen molar-refractivity contribution in [3.05, 3.63) is 59.1 Å². The summed E-state index contributed by atoms with van der Waals surface area (Å²) in [5, 5.41) is 3.72. The Hall–Kier alpha value is -1.71. The van der Waals surface area contributed by atoms with E-state index < -0.39 is 0 Å². The maximum absolute atomic E-state index is 6.17. The van der Waals surface area contributed by atoms with E-state index in [0.717, 1.165) is 23.6 Å².